The van der Waals surface area contributed by atoms with Gasteiger partial charge < -0.3 is 14.5 Å². The monoisotopic (exact) mass is 395 g/mol. The molecule has 0 radical (unpaired) electrons. The van der Waals surface area contributed by atoms with E-state index in [1.54, 1.807) is 0 Å². The van der Waals surface area contributed by atoms with Crippen molar-refractivity contribution in [3.63, 3.8) is 0 Å². The largest absolute Gasteiger partial charge is 0.492 e. The van der Waals surface area contributed by atoms with Gasteiger partial charge in [-0.15, -0.1) is 0 Å². The molecule has 0 N–H and O–H groups in total. The Kier molecular flexibility index (Phi) is 6.39. The van der Waals surface area contributed by atoms with Gasteiger partial charge in [-0.1, -0.05) is 19.1 Å². The van der Waals surface area contributed by atoms with E-state index in [4.69, 9.17) is 4.74 Å². The Bertz CT molecular complexity index is 773. The number of rotatable bonds is 5. The Morgan fingerprint density at radius 2 is 1.89 bits per heavy atom. The summed E-state index contributed by atoms with van der Waals surface area (Å²) in [7, 11) is -3.26. The van der Waals surface area contributed by atoms with Crippen LogP contribution in [0, 0.1) is 0 Å². The van der Waals surface area contributed by atoms with Gasteiger partial charge in [0, 0.05) is 51.3 Å². The minimum absolute atomic E-state index is 0.190. The lowest BCUT2D eigenvalue weighted by atomic mass is 10.0. The van der Waals surface area contributed by atoms with Crippen LogP contribution in [0.5, 0.6) is 5.75 Å². The standard InChI is InChI=1S/C19H29N3O4S/c1-3-20-8-10-21(11-9-20)19(23)7-5-16-4-6-18-17(14-16)15-22(12-13-26-18)27(2,24)25/h4,6,14H,3,5,7-13,15H2,1-2H3. The van der Waals surface area contributed by atoms with E-state index in [0.717, 1.165) is 49.6 Å². The van der Waals surface area contributed by atoms with Gasteiger partial charge in [-0.25, -0.2) is 8.42 Å². The summed E-state index contributed by atoms with van der Waals surface area (Å²) in [5, 5.41) is 0. The van der Waals surface area contributed by atoms with Crippen LogP contribution in [0.1, 0.15) is 24.5 Å². The lowest BCUT2D eigenvalue weighted by Crippen LogP contribution is -2.48. The molecule has 1 fully saturated rings. The maximum absolute atomic E-state index is 12.5. The van der Waals surface area contributed by atoms with Crippen molar-refractivity contribution in [2.24, 2.45) is 0 Å². The van der Waals surface area contributed by atoms with E-state index in [1.165, 1.54) is 10.6 Å². The Morgan fingerprint density at radius 3 is 2.56 bits per heavy atom. The minimum atomic E-state index is -3.26. The number of likely N-dealkylation sites (N-methyl/N-ethyl adjacent to an activating group) is 1. The first kappa shape index (κ1) is 20.1. The molecule has 150 valence electrons. The summed E-state index contributed by atoms with van der Waals surface area (Å²) >= 11 is 0. The van der Waals surface area contributed by atoms with Crippen LogP contribution in [0.2, 0.25) is 0 Å². The molecule has 0 aliphatic carbocycles. The number of fused-ring (bicyclic) bond motifs is 1. The highest BCUT2D eigenvalue weighted by atomic mass is 32.2. The van der Waals surface area contributed by atoms with Crippen LogP contribution >= 0.6 is 0 Å². The Labute approximate surface area is 161 Å². The molecule has 2 heterocycles. The average Bonchev–Trinajstić information content (AvgIpc) is 2.88. The van der Waals surface area contributed by atoms with Gasteiger partial charge in [-0.05, 0) is 24.6 Å². The highest BCUT2D eigenvalue weighted by Gasteiger charge is 2.23. The molecule has 1 amide bonds. The lowest BCUT2D eigenvalue weighted by molar-refractivity contribution is -0.132. The third kappa shape index (κ3) is 5.21. The van der Waals surface area contributed by atoms with E-state index < -0.39 is 10.0 Å². The number of carbonyl (C=O) groups excluding carboxylic acids is 1. The summed E-state index contributed by atoms with van der Waals surface area (Å²) in [6.07, 6.45) is 2.35. The first-order chi connectivity index (χ1) is 12.9. The number of carbonyl (C=O) groups is 1. The van der Waals surface area contributed by atoms with Gasteiger partial charge in [0.05, 0.1) is 6.26 Å². The van der Waals surface area contributed by atoms with Gasteiger partial charge in [-0.3, -0.25) is 4.79 Å². The third-order valence-electron chi connectivity index (χ3n) is 5.34. The predicted octanol–water partition coefficient (Wildman–Crippen LogP) is 0.937. The molecule has 2 aliphatic rings. The number of sulfonamides is 1. The zero-order valence-electron chi connectivity index (χ0n) is 16.2. The highest BCUT2D eigenvalue weighted by molar-refractivity contribution is 7.88. The highest BCUT2D eigenvalue weighted by Crippen LogP contribution is 2.26. The Balaban J connectivity index is 1.60. The fourth-order valence-corrected chi connectivity index (χ4v) is 4.36. The maximum Gasteiger partial charge on any atom is 0.222 e. The van der Waals surface area contributed by atoms with Gasteiger partial charge in [0.2, 0.25) is 15.9 Å². The zero-order chi connectivity index (χ0) is 19.4. The van der Waals surface area contributed by atoms with Crippen LogP contribution in [-0.2, 0) is 27.8 Å². The Morgan fingerprint density at radius 1 is 1.15 bits per heavy atom. The number of benzene rings is 1. The molecular formula is C19H29N3O4S. The van der Waals surface area contributed by atoms with Crippen molar-refractivity contribution in [3.05, 3.63) is 29.3 Å². The number of amides is 1. The van der Waals surface area contributed by atoms with Gasteiger partial charge in [0.25, 0.3) is 0 Å². The van der Waals surface area contributed by atoms with Crippen molar-refractivity contribution in [1.82, 2.24) is 14.1 Å². The van der Waals surface area contributed by atoms with Crippen molar-refractivity contribution in [3.8, 4) is 5.75 Å². The topological polar surface area (TPSA) is 70.2 Å². The maximum atomic E-state index is 12.5. The molecule has 1 aromatic rings. The number of nitrogens with zero attached hydrogens (tertiary/aromatic N) is 3. The second kappa shape index (κ2) is 8.58. The molecule has 3 rings (SSSR count). The summed E-state index contributed by atoms with van der Waals surface area (Å²) < 4.78 is 30.9. The third-order valence-corrected chi connectivity index (χ3v) is 6.59. The molecule has 0 unspecified atom stereocenters. The van der Waals surface area contributed by atoms with Crippen LogP contribution in [0.15, 0.2) is 18.2 Å². The minimum Gasteiger partial charge on any atom is -0.492 e. The SMILES string of the molecule is CCN1CCN(C(=O)CCc2ccc3c(c2)CN(S(C)(=O)=O)CCO3)CC1. The fourth-order valence-electron chi connectivity index (χ4n) is 3.59. The quantitative estimate of drug-likeness (QED) is 0.742. The molecule has 0 aromatic heterocycles. The molecular weight excluding hydrogens is 366 g/mol. The van der Waals surface area contributed by atoms with E-state index in [1.807, 2.05) is 23.1 Å². The van der Waals surface area contributed by atoms with Gasteiger partial charge in [0.1, 0.15) is 12.4 Å². The van der Waals surface area contributed by atoms with Crippen LogP contribution in [0.3, 0.4) is 0 Å². The van der Waals surface area contributed by atoms with Crippen LogP contribution in [0.25, 0.3) is 0 Å². The van der Waals surface area contributed by atoms with Gasteiger partial charge in [0.15, 0.2) is 0 Å². The second-order valence-electron chi connectivity index (χ2n) is 7.20. The first-order valence-electron chi connectivity index (χ1n) is 9.56. The Hall–Kier alpha value is -1.64. The van der Waals surface area contributed by atoms with E-state index in [-0.39, 0.29) is 5.91 Å². The van der Waals surface area contributed by atoms with Crippen LogP contribution in [-0.4, -0.2) is 80.6 Å². The summed E-state index contributed by atoms with van der Waals surface area (Å²) in [6.45, 7) is 7.68. The second-order valence-corrected chi connectivity index (χ2v) is 9.18. The molecule has 7 nitrogen and oxygen atoms in total. The molecule has 27 heavy (non-hydrogen) atoms. The zero-order valence-corrected chi connectivity index (χ0v) is 17.0. The average molecular weight is 396 g/mol. The number of piperazine rings is 1. The number of ether oxygens (including phenoxy) is 1. The van der Waals surface area contributed by atoms with Crippen molar-refractivity contribution in [1.29, 1.82) is 0 Å². The smallest absolute Gasteiger partial charge is 0.222 e. The molecule has 2 aliphatic heterocycles. The fraction of sp³-hybridized carbons (Fsp3) is 0.632. The van der Waals surface area contributed by atoms with Crippen molar-refractivity contribution in [2.75, 3.05) is 52.1 Å². The molecule has 0 spiro atoms. The predicted molar refractivity (Wildman–Crippen MR) is 104 cm³/mol. The molecule has 1 saturated heterocycles. The molecule has 0 atom stereocenters. The van der Waals surface area contributed by atoms with E-state index >= 15 is 0 Å². The summed E-state index contributed by atoms with van der Waals surface area (Å²) in [5.74, 6) is 0.918. The summed E-state index contributed by atoms with van der Waals surface area (Å²) in [4.78, 5) is 16.8. The van der Waals surface area contributed by atoms with Crippen LogP contribution in [0.4, 0.5) is 0 Å². The molecule has 0 saturated carbocycles. The molecule has 8 heteroatoms. The van der Waals surface area contributed by atoms with E-state index in [0.29, 0.717) is 32.5 Å². The molecule has 0 bridgehead atoms. The lowest BCUT2D eigenvalue weighted by Gasteiger charge is -2.34. The number of hydrogen-bond acceptors (Lipinski definition) is 5. The number of aryl methyl sites for hydroxylation is 1. The van der Waals surface area contributed by atoms with Crippen molar-refractivity contribution < 1.29 is 17.9 Å². The summed E-state index contributed by atoms with van der Waals surface area (Å²) in [6, 6.07) is 5.83. The van der Waals surface area contributed by atoms with Crippen molar-refractivity contribution in [2.45, 2.75) is 26.3 Å². The van der Waals surface area contributed by atoms with Gasteiger partial charge >= 0.3 is 0 Å². The van der Waals surface area contributed by atoms with Gasteiger partial charge in [-0.2, -0.15) is 4.31 Å². The van der Waals surface area contributed by atoms with E-state index in [2.05, 4.69) is 11.8 Å². The summed E-state index contributed by atoms with van der Waals surface area (Å²) in [5.41, 5.74) is 1.90. The molecule has 1 aromatic carbocycles. The van der Waals surface area contributed by atoms with Crippen LogP contribution < -0.4 is 4.74 Å². The van der Waals surface area contributed by atoms with E-state index in [9.17, 15) is 13.2 Å². The first-order valence-corrected chi connectivity index (χ1v) is 11.4. The normalized spacial score (nSPS) is 19.3. The number of hydrogen-bond donors (Lipinski definition) is 0. The van der Waals surface area contributed by atoms with Crippen molar-refractivity contribution >= 4 is 15.9 Å².